The third kappa shape index (κ3) is 4.42. The van der Waals surface area contributed by atoms with Crippen molar-refractivity contribution in [1.29, 1.82) is 0 Å². The molecular formula is C25H28N4O5. The van der Waals surface area contributed by atoms with Crippen LogP contribution in [-0.2, 0) is 27.5 Å². The molecule has 3 aliphatic heterocycles. The van der Waals surface area contributed by atoms with Gasteiger partial charge in [0.15, 0.2) is 0 Å². The molecule has 34 heavy (non-hydrogen) atoms. The van der Waals surface area contributed by atoms with Gasteiger partial charge >= 0.3 is 0 Å². The van der Waals surface area contributed by atoms with Crippen molar-refractivity contribution in [2.45, 2.75) is 38.2 Å². The van der Waals surface area contributed by atoms with E-state index < -0.39 is 18.1 Å². The van der Waals surface area contributed by atoms with E-state index in [0.717, 1.165) is 38.4 Å². The Bertz CT molecular complexity index is 1100. The van der Waals surface area contributed by atoms with E-state index in [1.165, 1.54) is 10.5 Å². The Hall–Kier alpha value is -3.27. The van der Waals surface area contributed by atoms with E-state index in [-0.39, 0.29) is 24.7 Å². The number of hydrogen-bond donors (Lipinski definition) is 2. The van der Waals surface area contributed by atoms with Crippen LogP contribution in [0.2, 0.25) is 0 Å². The van der Waals surface area contributed by atoms with Crippen molar-refractivity contribution in [3.8, 4) is 5.75 Å². The zero-order valence-electron chi connectivity index (χ0n) is 18.9. The molecule has 2 fully saturated rings. The summed E-state index contributed by atoms with van der Waals surface area (Å²) in [6.07, 6.45) is -0.391. The van der Waals surface area contributed by atoms with Crippen molar-refractivity contribution < 1.29 is 23.9 Å². The van der Waals surface area contributed by atoms with Crippen LogP contribution in [0.5, 0.6) is 5.75 Å². The number of hydrogen-bond acceptors (Lipinski definition) is 7. The number of ether oxygens (including phenoxy) is 2. The fourth-order valence-electron chi connectivity index (χ4n) is 4.77. The molecule has 9 nitrogen and oxygen atoms in total. The van der Waals surface area contributed by atoms with Crippen LogP contribution < -0.4 is 15.8 Å². The molecule has 2 aromatic carbocycles. The number of nitrogens with zero attached hydrogens (tertiary/aromatic N) is 2. The molecule has 0 radical (unpaired) electrons. The number of carbonyl (C=O) groups is 3. The zero-order chi connectivity index (χ0) is 23.7. The standard InChI is InChI=1S/C25H28N4O5/c26-23-22-18(25(32)29(23)19-8-9-21(30)27-24(19)31)2-1-3-20(22)34-15-17-6-4-16(5-7-17)14-28-10-12-33-13-11-28/h1-7,19,23H,8-15,26H2,(H,27,30,31). The van der Waals surface area contributed by atoms with Crippen molar-refractivity contribution in [1.82, 2.24) is 15.1 Å². The highest BCUT2D eigenvalue weighted by Gasteiger charge is 2.44. The molecule has 178 valence electrons. The Morgan fingerprint density at radius 1 is 1.03 bits per heavy atom. The van der Waals surface area contributed by atoms with Crippen LogP contribution in [0.3, 0.4) is 0 Å². The van der Waals surface area contributed by atoms with Crippen LogP contribution in [0.25, 0.3) is 0 Å². The van der Waals surface area contributed by atoms with E-state index in [4.69, 9.17) is 15.2 Å². The predicted molar refractivity (Wildman–Crippen MR) is 123 cm³/mol. The van der Waals surface area contributed by atoms with Gasteiger partial charge in [0.25, 0.3) is 5.91 Å². The third-order valence-corrected chi connectivity index (χ3v) is 6.60. The van der Waals surface area contributed by atoms with Gasteiger partial charge in [-0.25, -0.2) is 0 Å². The Morgan fingerprint density at radius 2 is 1.76 bits per heavy atom. The maximum Gasteiger partial charge on any atom is 0.256 e. The molecule has 2 unspecified atom stereocenters. The monoisotopic (exact) mass is 464 g/mol. The first-order valence-electron chi connectivity index (χ1n) is 11.6. The molecule has 3 aliphatic rings. The van der Waals surface area contributed by atoms with Crippen molar-refractivity contribution in [3.05, 3.63) is 64.7 Å². The van der Waals surface area contributed by atoms with Gasteiger partial charge in [-0.3, -0.25) is 24.6 Å². The van der Waals surface area contributed by atoms with Crippen LogP contribution in [0.1, 0.15) is 46.1 Å². The average Bonchev–Trinajstić information content (AvgIpc) is 3.10. The second-order valence-electron chi connectivity index (χ2n) is 8.84. The molecule has 0 aliphatic carbocycles. The van der Waals surface area contributed by atoms with Crippen LogP contribution in [0.15, 0.2) is 42.5 Å². The highest BCUT2D eigenvalue weighted by molar-refractivity contribution is 6.06. The fraction of sp³-hybridized carbons (Fsp3) is 0.400. The number of imide groups is 1. The van der Waals surface area contributed by atoms with E-state index in [0.29, 0.717) is 23.5 Å². The summed E-state index contributed by atoms with van der Waals surface area (Å²) in [5.41, 5.74) is 9.67. The molecule has 0 aromatic heterocycles. The molecule has 0 spiro atoms. The Morgan fingerprint density at radius 3 is 2.50 bits per heavy atom. The number of benzene rings is 2. The number of nitrogens with two attached hydrogens (primary N) is 1. The van der Waals surface area contributed by atoms with E-state index in [9.17, 15) is 14.4 Å². The maximum atomic E-state index is 13.1. The number of rotatable bonds is 6. The summed E-state index contributed by atoms with van der Waals surface area (Å²) in [7, 11) is 0. The molecule has 2 atom stereocenters. The first-order valence-corrected chi connectivity index (χ1v) is 11.6. The van der Waals surface area contributed by atoms with E-state index in [1.54, 1.807) is 18.2 Å². The minimum atomic E-state index is -0.821. The van der Waals surface area contributed by atoms with E-state index in [2.05, 4.69) is 22.3 Å². The van der Waals surface area contributed by atoms with Gasteiger partial charge < -0.3 is 20.1 Å². The number of carbonyl (C=O) groups excluding carboxylic acids is 3. The lowest BCUT2D eigenvalue weighted by atomic mass is 10.0. The minimum Gasteiger partial charge on any atom is -0.488 e. The number of amides is 3. The molecule has 2 saturated heterocycles. The fourth-order valence-corrected chi connectivity index (χ4v) is 4.77. The summed E-state index contributed by atoms with van der Waals surface area (Å²) in [5, 5.41) is 2.30. The van der Waals surface area contributed by atoms with E-state index >= 15 is 0 Å². The quantitative estimate of drug-likeness (QED) is 0.620. The smallest absolute Gasteiger partial charge is 0.256 e. The van der Waals surface area contributed by atoms with Gasteiger partial charge in [-0.15, -0.1) is 0 Å². The Labute approximate surface area is 197 Å². The molecule has 5 rings (SSSR count). The van der Waals surface area contributed by atoms with Crippen LogP contribution in [0.4, 0.5) is 0 Å². The SMILES string of the molecule is NC1c2c(OCc3ccc(CN4CCOCC4)cc3)cccc2C(=O)N1C1CCC(=O)NC1=O. The van der Waals surface area contributed by atoms with Crippen molar-refractivity contribution >= 4 is 17.7 Å². The Balaban J connectivity index is 1.27. The topological polar surface area (TPSA) is 114 Å². The van der Waals surface area contributed by atoms with Gasteiger partial charge in [0.1, 0.15) is 24.6 Å². The normalized spacial score (nSPS) is 23.1. The number of fused-ring (bicyclic) bond motifs is 1. The maximum absolute atomic E-state index is 13.1. The summed E-state index contributed by atoms with van der Waals surface area (Å²) in [6, 6.07) is 12.7. The number of morpholine rings is 1. The first kappa shape index (κ1) is 22.5. The van der Waals surface area contributed by atoms with Gasteiger partial charge in [-0.1, -0.05) is 30.3 Å². The molecule has 3 heterocycles. The van der Waals surface area contributed by atoms with Crippen LogP contribution >= 0.6 is 0 Å². The lowest BCUT2D eigenvalue weighted by molar-refractivity contribution is -0.137. The number of nitrogens with one attached hydrogen (secondary N) is 1. The lowest BCUT2D eigenvalue weighted by Gasteiger charge is -2.32. The first-order chi connectivity index (χ1) is 16.5. The molecule has 0 bridgehead atoms. The predicted octanol–water partition coefficient (Wildman–Crippen LogP) is 1.32. The zero-order valence-corrected chi connectivity index (χ0v) is 18.9. The molecule has 9 heteroatoms. The average molecular weight is 465 g/mol. The summed E-state index contributed by atoms with van der Waals surface area (Å²) >= 11 is 0. The van der Waals surface area contributed by atoms with E-state index in [1.807, 2.05) is 12.1 Å². The van der Waals surface area contributed by atoms with Crippen molar-refractivity contribution in [3.63, 3.8) is 0 Å². The largest absolute Gasteiger partial charge is 0.488 e. The van der Waals surface area contributed by atoms with Gasteiger partial charge in [0.05, 0.1) is 13.2 Å². The lowest BCUT2D eigenvalue weighted by Crippen LogP contribution is -2.54. The summed E-state index contributed by atoms with van der Waals surface area (Å²) in [6.45, 7) is 4.66. The Kier molecular flexibility index (Phi) is 6.32. The van der Waals surface area contributed by atoms with Gasteiger partial charge in [0.2, 0.25) is 11.8 Å². The van der Waals surface area contributed by atoms with Crippen molar-refractivity contribution in [2.75, 3.05) is 26.3 Å². The van der Waals surface area contributed by atoms with Gasteiger partial charge in [0, 0.05) is 37.2 Å². The van der Waals surface area contributed by atoms with Gasteiger partial charge in [-0.2, -0.15) is 0 Å². The third-order valence-electron chi connectivity index (χ3n) is 6.60. The van der Waals surface area contributed by atoms with Crippen LogP contribution in [0, 0.1) is 0 Å². The highest BCUT2D eigenvalue weighted by atomic mass is 16.5. The molecule has 2 aromatic rings. The molecule has 3 N–H and O–H groups in total. The molecule has 3 amide bonds. The molecule has 0 saturated carbocycles. The van der Waals surface area contributed by atoms with Gasteiger partial charge in [-0.05, 0) is 29.7 Å². The second kappa shape index (κ2) is 9.54. The second-order valence-corrected chi connectivity index (χ2v) is 8.84. The summed E-state index contributed by atoms with van der Waals surface area (Å²) in [5.74, 6) is -0.632. The summed E-state index contributed by atoms with van der Waals surface area (Å²) < 4.78 is 11.5. The van der Waals surface area contributed by atoms with Crippen LogP contribution in [-0.4, -0.2) is 59.9 Å². The highest BCUT2D eigenvalue weighted by Crippen LogP contribution is 2.39. The summed E-state index contributed by atoms with van der Waals surface area (Å²) in [4.78, 5) is 40.7. The molecular weight excluding hydrogens is 436 g/mol. The number of piperidine rings is 1. The van der Waals surface area contributed by atoms with Crippen molar-refractivity contribution in [2.24, 2.45) is 5.73 Å². The minimum absolute atomic E-state index is 0.175.